The fraction of sp³-hybridized carbons (Fsp3) is 0.355. The number of carbonyl (C=O) groups excluding carboxylic acids is 2. The molecule has 4 unspecified atom stereocenters. The van der Waals surface area contributed by atoms with Crippen molar-refractivity contribution in [2.75, 3.05) is 34.5 Å². The third-order valence-electron chi connectivity index (χ3n) is 7.62. The van der Waals surface area contributed by atoms with Gasteiger partial charge in [-0.15, -0.1) is 0 Å². The number of nitrogens with one attached hydrogen (secondary N) is 1. The molecule has 0 aromatic heterocycles. The number of methoxy groups -OCH3 is 3. The molecule has 2 saturated heterocycles. The summed E-state index contributed by atoms with van der Waals surface area (Å²) < 4.78 is 29.5. The molecule has 2 N–H and O–H groups in total. The number of urea groups is 1. The van der Waals surface area contributed by atoms with Crippen LogP contribution in [-0.2, 0) is 24.6 Å². The Kier molecular flexibility index (Phi) is 8.55. The van der Waals surface area contributed by atoms with Gasteiger partial charge in [0.2, 0.25) is 5.91 Å². The quantitative estimate of drug-likeness (QED) is 0.363. The van der Waals surface area contributed by atoms with E-state index in [0.717, 1.165) is 16.7 Å². The van der Waals surface area contributed by atoms with Gasteiger partial charge >= 0.3 is 6.03 Å². The number of carbonyl (C=O) groups is 2. The van der Waals surface area contributed by atoms with E-state index in [1.807, 2.05) is 78.9 Å². The normalized spacial score (nSPS) is 22.9. The molecular formula is C31H34N2O8. The van der Waals surface area contributed by atoms with Gasteiger partial charge in [-0.25, -0.2) is 4.79 Å². The number of hydrogen-bond acceptors (Lipinski definition) is 8. The predicted octanol–water partition coefficient (Wildman–Crippen LogP) is 3.06. The monoisotopic (exact) mass is 562 g/mol. The summed E-state index contributed by atoms with van der Waals surface area (Å²) in [6.45, 7) is 0.111. The van der Waals surface area contributed by atoms with Crippen LogP contribution in [0.5, 0.6) is 11.5 Å². The van der Waals surface area contributed by atoms with Crippen LogP contribution < -0.4 is 14.8 Å². The van der Waals surface area contributed by atoms with Crippen LogP contribution in [0.2, 0.25) is 0 Å². The van der Waals surface area contributed by atoms with Gasteiger partial charge in [0, 0.05) is 20.1 Å². The SMILES string of the molecule is COc1ccc(C(OCC2OC(N3CCC(=O)NC3=O)C(OC)C2O)(c2ccccc2)c2ccc(OC)cc2)cc1. The molecule has 0 bridgehead atoms. The van der Waals surface area contributed by atoms with Gasteiger partial charge < -0.3 is 28.8 Å². The van der Waals surface area contributed by atoms with E-state index in [1.54, 1.807) is 14.2 Å². The molecule has 3 amide bonds. The Morgan fingerprint density at radius 2 is 1.44 bits per heavy atom. The van der Waals surface area contributed by atoms with Crippen LogP contribution in [0.3, 0.4) is 0 Å². The summed E-state index contributed by atoms with van der Waals surface area (Å²) >= 11 is 0. The molecule has 0 aliphatic carbocycles. The summed E-state index contributed by atoms with van der Waals surface area (Å²) in [6.07, 6.45) is -3.54. The van der Waals surface area contributed by atoms with Gasteiger partial charge in [0.05, 0.1) is 20.8 Å². The molecule has 0 spiro atoms. The van der Waals surface area contributed by atoms with E-state index in [-0.39, 0.29) is 25.5 Å². The molecule has 10 nitrogen and oxygen atoms in total. The fourth-order valence-electron chi connectivity index (χ4n) is 5.46. The van der Waals surface area contributed by atoms with E-state index in [4.69, 9.17) is 23.7 Å². The number of amides is 3. The number of imide groups is 1. The third kappa shape index (κ3) is 5.51. The van der Waals surface area contributed by atoms with Crippen molar-refractivity contribution in [1.82, 2.24) is 10.2 Å². The van der Waals surface area contributed by atoms with E-state index in [0.29, 0.717) is 11.5 Å². The summed E-state index contributed by atoms with van der Waals surface area (Å²) in [4.78, 5) is 25.6. The van der Waals surface area contributed by atoms with Crippen molar-refractivity contribution in [3.8, 4) is 11.5 Å². The van der Waals surface area contributed by atoms with E-state index in [2.05, 4.69) is 5.32 Å². The van der Waals surface area contributed by atoms with Crippen LogP contribution in [0.1, 0.15) is 23.1 Å². The van der Waals surface area contributed by atoms with Crippen LogP contribution >= 0.6 is 0 Å². The average molecular weight is 563 g/mol. The molecule has 2 aliphatic rings. The molecule has 5 rings (SSSR count). The number of benzene rings is 3. The molecule has 0 radical (unpaired) electrons. The second-order valence-corrected chi connectivity index (χ2v) is 9.87. The highest BCUT2D eigenvalue weighted by molar-refractivity contribution is 5.96. The first-order chi connectivity index (χ1) is 19.9. The van der Waals surface area contributed by atoms with Crippen LogP contribution in [0, 0.1) is 0 Å². The van der Waals surface area contributed by atoms with Gasteiger partial charge in [-0.3, -0.25) is 15.0 Å². The zero-order valence-corrected chi connectivity index (χ0v) is 23.2. The standard InChI is InChI=1S/C31H34N2O8/c1-37-23-13-9-21(10-14-23)31(20-7-5-4-6-8-20,22-11-15-24(38-2)16-12-22)40-19-25-27(35)28(39-3)29(41-25)33-18-17-26(34)32-30(33)36/h4-16,25,27-29,35H,17-19H2,1-3H3,(H,32,34,36). The van der Waals surface area contributed by atoms with E-state index in [9.17, 15) is 14.7 Å². The Morgan fingerprint density at radius 3 is 1.95 bits per heavy atom. The number of nitrogens with zero attached hydrogens (tertiary/aromatic N) is 1. The van der Waals surface area contributed by atoms with Crippen LogP contribution in [0.15, 0.2) is 78.9 Å². The molecule has 2 aliphatic heterocycles. The summed E-state index contributed by atoms with van der Waals surface area (Å²) in [6, 6.07) is 24.4. The lowest BCUT2D eigenvalue weighted by Gasteiger charge is -2.37. The van der Waals surface area contributed by atoms with Crippen LogP contribution in [-0.4, -0.2) is 81.0 Å². The summed E-state index contributed by atoms with van der Waals surface area (Å²) in [5.41, 5.74) is 1.40. The van der Waals surface area contributed by atoms with E-state index >= 15 is 0 Å². The first-order valence-electron chi connectivity index (χ1n) is 13.4. The van der Waals surface area contributed by atoms with Crippen molar-refractivity contribution < 1.29 is 38.4 Å². The summed E-state index contributed by atoms with van der Waals surface area (Å²) in [5.74, 6) is 1.04. The molecule has 41 heavy (non-hydrogen) atoms. The second kappa shape index (κ2) is 12.3. The first-order valence-corrected chi connectivity index (χ1v) is 13.4. The van der Waals surface area contributed by atoms with E-state index in [1.165, 1.54) is 12.0 Å². The Hall–Kier alpha value is -3.96. The lowest BCUT2D eigenvalue weighted by molar-refractivity contribution is -0.128. The molecule has 2 fully saturated rings. The van der Waals surface area contributed by atoms with Gasteiger partial charge in [0.15, 0.2) is 6.23 Å². The minimum Gasteiger partial charge on any atom is -0.497 e. The summed E-state index contributed by atoms with van der Waals surface area (Å²) in [5, 5.41) is 13.5. The lowest BCUT2D eigenvalue weighted by Crippen LogP contribution is -2.56. The third-order valence-corrected chi connectivity index (χ3v) is 7.62. The smallest absolute Gasteiger partial charge is 0.326 e. The molecule has 0 saturated carbocycles. The number of aliphatic hydroxyl groups is 1. The van der Waals surface area contributed by atoms with Gasteiger partial charge in [-0.1, -0.05) is 54.6 Å². The molecular weight excluding hydrogens is 528 g/mol. The number of ether oxygens (including phenoxy) is 5. The van der Waals surface area contributed by atoms with Crippen molar-refractivity contribution in [2.24, 2.45) is 0 Å². The number of aliphatic hydroxyl groups excluding tert-OH is 1. The molecule has 4 atom stereocenters. The Balaban J connectivity index is 1.52. The van der Waals surface area contributed by atoms with Crippen molar-refractivity contribution in [1.29, 1.82) is 0 Å². The van der Waals surface area contributed by atoms with Gasteiger partial charge in [0.1, 0.15) is 35.4 Å². The van der Waals surface area contributed by atoms with Crippen molar-refractivity contribution in [3.05, 3.63) is 95.6 Å². The fourth-order valence-corrected chi connectivity index (χ4v) is 5.46. The Morgan fingerprint density at radius 1 is 0.878 bits per heavy atom. The van der Waals surface area contributed by atoms with Crippen LogP contribution in [0.4, 0.5) is 4.79 Å². The summed E-state index contributed by atoms with van der Waals surface area (Å²) in [7, 11) is 4.67. The van der Waals surface area contributed by atoms with Gasteiger partial charge in [-0.2, -0.15) is 0 Å². The second-order valence-electron chi connectivity index (χ2n) is 9.87. The highest BCUT2D eigenvalue weighted by Crippen LogP contribution is 2.42. The van der Waals surface area contributed by atoms with Crippen molar-refractivity contribution >= 4 is 11.9 Å². The maximum atomic E-state index is 12.6. The zero-order chi connectivity index (χ0) is 29.0. The minimum atomic E-state index is -1.11. The highest BCUT2D eigenvalue weighted by Gasteiger charge is 2.50. The lowest BCUT2D eigenvalue weighted by atomic mass is 9.80. The van der Waals surface area contributed by atoms with Crippen molar-refractivity contribution in [2.45, 2.75) is 36.6 Å². The maximum Gasteiger partial charge on any atom is 0.326 e. The minimum absolute atomic E-state index is 0.0428. The maximum absolute atomic E-state index is 12.6. The first kappa shape index (κ1) is 28.6. The molecule has 2 heterocycles. The van der Waals surface area contributed by atoms with E-state index < -0.39 is 36.2 Å². The predicted molar refractivity (Wildman–Crippen MR) is 149 cm³/mol. The Bertz CT molecular complexity index is 1280. The average Bonchev–Trinajstić information content (AvgIpc) is 3.33. The highest BCUT2D eigenvalue weighted by atomic mass is 16.6. The largest absolute Gasteiger partial charge is 0.497 e. The topological polar surface area (TPSA) is 116 Å². The number of hydrogen-bond donors (Lipinski definition) is 2. The zero-order valence-electron chi connectivity index (χ0n) is 23.2. The Labute approximate surface area is 238 Å². The molecule has 10 heteroatoms. The van der Waals surface area contributed by atoms with Gasteiger partial charge in [-0.05, 0) is 41.0 Å². The molecule has 216 valence electrons. The van der Waals surface area contributed by atoms with Gasteiger partial charge in [0.25, 0.3) is 0 Å². The molecule has 3 aromatic rings. The molecule has 3 aromatic carbocycles. The van der Waals surface area contributed by atoms with Crippen molar-refractivity contribution in [3.63, 3.8) is 0 Å². The number of rotatable bonds is 10. The van der Waals surface area contributed by atoms with Crippen LogP contribution in [0.25, 0.3) is 0 Å².